The first-order chi connectivity index (χ1) is 9.13. The molecule has 1 aliphatic heterocycles. The molecule has 1 aromatic carbocycles. The van der Waals surface area contributed by atoms with E-state index in [1.54, 1.807) is 0 Å². The van der Waals surface area contributed by atoms with Crippen molar-refractivity contribution < 1.29 is 4.79 Å². The monoisotopic (exact) mass is 324 g/mol. The van der Waals surface area contributed by atoms with Crippen LogP contribution in [-0.2, 0) is 0 Å². The van der Waals surface area contributed by atoms with E-state index >= 15 is 0 Å². The zero-order valence-corrected chi connectivity index (χ0v) is 13.2. The first kappa shape index (κ1) is 14.5. The number of nitrogens with zero attached hydrogens (tertiary/aromatic N) is 1. The summed E-state index contributed by atoms with van der Waals surface area (Å²) in [4.78, 5) is 14.8. The molecule has 2 rings (SSSR count). The summed E-state index contributed by atoms with van der Waals surface area (Å²) < 4.78 is 0.886. The number of hydrogen-bond acceptors (Lipinski definition) is 2. The van der Waals surface area contributed by atoms with Crippen LogP contribution in [0.4, 0.5) is 0 Å². The number of halogens is 1. The number of amides is 1. The van der Waals surface area contributed by atoms with E-state index in [1.165, 1.54) is 6.42 Å². The Morgan fingerprint density at radius 2 is 2.26 bits per heavy atom. The third-order valence-corrected chi connectivity index (χ3v) is 4.37. The molecule has 1 amide bonds. The molecule has 1 heterocycles. The molecular formula is C15H21BrN2O. The number of piperidine rings is 1. The summed E-state index contributed by atoms with van der Waals surface area (Å²) in [6.45, 7) is 3.76. The van der Waals surface area contributed by atoms with Gasteiger partial charge in [0.25, 0.3) is 5.91 Å². The summed E-state index contributed by atoms with van der Waals surface area (Å²) in [5.41, 5.74) is 1.90. The smallest absolute Gasteiger partial charge is 0.255 e. The number of likely N-dealkylation sites (tertiary alicyclic amines) is 1. The van der Waals surface area contributed by atoms with Crippen LogP contribution in [0.3, 0.4) is 0 Å². The van der Waals surface area contributed by atoms with Crippen LogP contribution < -0.4 is 5.32 Å². The number of likely N-dealkylation sites (N-methyl/N-ethyl adjacent to an activating group) is 1. The van der Waals surface area contributed by atoms with Gasteiger partial charge in [0.05, 0.1) is 5.56 Å². The van der Waals surface area contributed by atoms with Gasteiger partial charge in [-0.05, 0) is 61.3 Å². The molecule has 1 fully saturated rings. The molecule has 1 atom stereocenters. The Morgan fingerprint density at radius 3 is 3.00 bits per heavy atom. The zero-order valence-electron chi connectivity index (χ0n) is 11.6. The minimum atomic E-state index is 0.149. The highest BCUT2D eigenvalue weighted by Crippen LogP contribution is 2.24. The average Bonchev–Trinajstić information content (AvgIpc) is 2.42. The summed E-state index contributed by atoms with van der Waals surface area (Å²) in [7, 11) is 1.94. The van der Waals surface area contributed by atoms with Crippen molar-refractivity contribution in [3.05, 3.63) is 33.8 Å². The number of carbonyl (C=O) groups excluding carboxylic acids is 1. The maximum atomic E-state index is 12.7. The van der Waals surface area contributed by atoms with Crippen LogP contribution in [0.2, 0.25) is 0 Å². The van der Waals surface area contributed by atoms with Crippen molar-refractivity contribution >= 4 is 21.8 Å². The molecule has 0 spiro atoms. The Hall–Kier alpha value is -0.870. The largest absolute Gasteiger partial charge is 0.334 e. The molecule has 0 bridgehead atoms. The van der Waals surface area contributed by atoms with Crippen molar-refractivity contribution in [1.82, 2.24) is 10.2 Å². The first-order valence-corrected chi connectivity index (χ1v) is 7.64. The lowest BCUT2D eigenvalue weighted by Crippen LogP contribution is -2.48. The lowest BCUT2D eigenvalue weighted by atomic mass is 10.0. The normalized spacial score (nSPS) is 19.5. The van der Waals surface area contributed by atoms with E-state index in [4.69, 9.17) is 0 Å². The van der Waals surface area contributed by atoms with Gasteiger partial charge in [-0.3, -0.25) is 4.79 Å². The third-order valence-electron chi connectivity index (χ3n) is 3.68. The Bertz CT molecular complexity index is 459. The highest BCUT2D eigenvalue weighted by molar-refractivity contribution is 9.10. The number of carbonyl (C=O) groups is 1. The van der Waals surface area contributed by atoms with E-state index in [9.17, 15) is 4.79 Å². The van der Waals surface area contributed by atoms with E-state index in [0.717, 1.165) is 41.5 Å². The van der Waals surface area contributed by atoms with E-state index in [2.05, 4.69) is 21.2 Å². The molecule has 3 nitrogen and oxygen atoms in total. The van der Waals surface area contributed by atoms with Gasteiger partial charge in [-0.15, -0.1) is 0 Å². The lowest BCUT2D eigenvalue weighted by Gasteiger charge is -2.36. The fourth-order valence-electron chi connectivity index (χ4n) is 2.67. The van der Waals surface area contributed by atoms with Crippen molar-refractivity contribution in [2.24, 2.45) is 0 Å². The predicted molar refractivity (Wildman–Crippen MR) is 81.5 cm³/mol. The fraction of sp³-hybridized carbons (Fsp3) is 0.533. The Balaban J connectivity index is 2.23. The summed E-state index contributed by atoms with van der Waals surface area (Å²) in [5, 5.41) is 3.19. The molecule has 0 aliphatic carbocycles. The Morgan fingerprint density at radius 1 is 1.47 bits per heavy atom. The molecule has 0 saturated carbocycles. The second-order valence-corrected chi connectivity index (χ2v) is 6.04. The van der Waals surface area contributed by atoms with E-state index in [1.807, 2.05) is 37.1 Å². The molecule has 19 heavy (non-hydrogen) atoms. The van der Waals surface area contributed by atoms with Crippen LogP contribution in [0, 0.1) is 6.92 Å². The Labute approximate surface area is 123 Å². The summed E-state index contributed by atoms with van der Waals surface area (Å²) in [5.74, 6) is 0.149. The summed E-state index contributed by atoms with van der Waals surface area (Å²) in [6.07, 6.45) is 3.41. The predicted octanol–water partition coefficient (Wildman–Crippen LogP) is 2.97. The molecule has 1 aromatic rings. The maximum Gasteiger partial charge on any atom is 0.255 e. The molecule has 104 valence electrons. The standard InChI is InChI=1S/C15H21BrN2O/c1-11-6-7-14(16)13(9-11)15(19)18-8-4-3-5-12(18)10-17-2/h6-7,9,12,17H,3-5,8,10H2,1-2H3. The summed E-state index contributed by atoms with van der Waals surface area (Å²) in [6, 6.07) is 6.26. The highest BCUT2D eigenvalue weighted by atomic mass is 79.9. The third kappa shape index (κ3) is 3.37. The molecule has 1 saturated heterocycles. The quantitative estimate of drug-likeness (QED) is 0.927. The minimum absolute atomic E-state index is 0.149. The number of benzene rings is 1. The highest BCUT2D eigenvalue weighted by Gasteiger charge is 2.27. The number of nitrogens with one attached hydrogen (secondary N) is 1. The van der Waals surface area contributed by atoms with Gasteiger partial charge in [-0.1, -0.05) is 11.6 Å². The van der Waals surface area contributed by atoms with Gasteiger partial charge >= 0.3 is 0 Å². The van der Waals surface area contributed by atoms with Gasteiger partial charge in [-0.25, -0.2) is 0 Å². The van der Waals surface area contributed by atoms with Gasteiger partial charge in [-0.2, -0.15) is 0 Å². The van der Waals surface area contributed by atoms with Crippen LogP contribution in [0.15, 0.2) is 22.7 Å². The molecule has 0 aromatic heterocycles. The van der Waals surface area contributed by atoms with Crippen molar-refractivity contribution in [1.29, 1.82) is 0 Å². The molecule has 1 unspecified atom stereocenters. The topological polar surface area (TPSA) is 32.3 Å². The van der Waals surface area contributed by atoms with Gasteiger partial charge in [0.15, 0.2) is 0 Å². The second kappa shape index (κ2) is 6.53. The van der Waals surface area contributed by atoms with Crippen molar-refractivity contribution in [2.75, 3.05) is 20.1 Å². The molecule has 1 aliphatic rings. The minimum Gasteiger partial charge on any atom is -0.334 e. The first-order valence-electron chi connectivity index (χ1n) is 6.85. The zero-order chi connectivity index (χ0) is 13.8. The number of hydrogen-bond donors (Lipinski definition) is 1. The van der Waals surface area contributed by atoms with Gasteiger partial charge in [0.1, 0.15) is 0 Å². The summed E-state index contributed by atoms with van der Waals surface area (Å²) >= 11 is 3.49. The second-order valence-electron chi connectivity index (χ2n) is 5.19. The fourth-order valence-corrected chi connectivity index (χ4v) is 3.09. The lowest BCUT2D eigenvalue weighted by molar-refractivity contribution is 0.0614. The van der Waals surface area contributed by atoms with E-state index < -0.39 is 0 Å². The van der Waals surface area contributed by atoms with Crippen LogP contribution in [0.1, 0.15) is 35.2 Å². The van der Waals surface area contributed by atoms with E-state index in [0.29, 0.717) is 6.04 Å². The number of rotatable bonds is 3. The van der Waals surface area contributed by atoms with Crippen LogP contribution in [0.25, 0.3) is 0 Å². The molecule has 4 heteroatoms. The van der Waals surface area contributed by atoms with Crippen molar-refractivity contribution in [3.63, 3.8) is 0 Å². The average molecular weight is 325 g/mol. The molecule has 0 radical (unpaired) electrons. The van der Waals surface area contributed by atoms with Gasteiger partial charge in [0.2, 0.25) is 0 Å². The van der Waals surface area contributed by atoms with Gasteiger partial charge in [0, 0.05) is 23.6 Å². The van der Waals surface area contributed by atoms with Crippen molar-refractivity contribution in [3.8, 4) is 0 Å². The van der Waals surface area contributed by atoms with Crippen LogP contribution in [0.5, 0.6) is 0 Å². The van der Waals surface area contributed by atoms with Crippen molar-refractivity contribution in [2.45, 2.75) is 32.2 Å². The SMILES string of the molecule is CNCC1CCCCN1C(=O)c1cc(C)ccc1Br. The number of aryl methyl sites for hydroxylation is 1. The molecule has 1 N–H and O–H groups in total. The maximum absolute atomic E-state index is 12.7. The molecular weight excluding hydrogens is 304 g/mol. The van der Waals surface area contributed by atoms with Crippen LogP contribution in [-0.4, -0.2) is 37.0 Å². The van der Waals surface area contributed by atoms with Crippen LogP contribution >= 0.6 is 15.9 Å². The van der Waals surface area contributed by atoms with Gasteiger partial charge < -0.3 is 10.2 Å². The Kier molecular flexibility index (Phi) is 4.99. The van der Waals surface area contributed by atoms with E-state index in [-0.39, 0.29) is 5.91 Å².